The maximum atomic E-state index is 13.3. The molecule has 0 radical (unpaired) electrons. The fourth-order valence-corrected chi connectivity index (χ4v) is 6.04. The van der Waals surface area contributed by atoms with Crippen molar-refractivity contribution in [2.45, 2.75) is 49.6 Å². The van der Waals surface area contributed by atoms with E-state index >= 15 is 0 Å². The molecule has 0 saturated carbocycles. The largest absolute Gasteiger partial charge is 0.394 e. The van der Waals surface area contributed by atoms with Crippen molar-refractivity contribution < 1.29 is 38.0 Å². The number of nitrogens with two attached hydrogens (primary N) is 1. The van der Waals surface area contributed by atoms with E-state index in [9.17, 15) is 24.4 Å². The number of imidazole rings is 1. The molecule has 0 aliphatic carbocycles. The number of nitrogens with one attached hydrogen (secondary N) is 1. The van der Waals surface area contributed by atoms with Crippen LogP contribution in [0.4, 0.5) is 5.82 Å². The Morgan fingerprint density at radius 1 is 1.24 bits per heavy atom. The quantitative estimate of drug-likeness (QED) is 0.159. The van der Waals surface area contributed by atoms with Crippen LogP contribution in [0.3, 0.4) is 0 Å². The standard InChI is InChI=1S/C19H24N7O10PS/c1-32-14-13(9(5-27)33-17(14)25-3-2-10(29)24-19(25)30)35-37(31,38)36-18-8(28)4-11(34-18)26-7-23-12-15(20)21-6-22-16(12)26/h2-3,6-9,11,13-14,17-18,27-28H,4-5H2,1H3,(H,31,38)(H2,20,21,22)(H,24,29,30)/t8?,9-,11-,13?,14+,17-,18-,37?/m1/s1. The van der Waals surface area contributed by atoms with Crippen LogP contribution in [0.2, 0.25) is 0 Å². The summed E-state index contributed by atoms with van der Waals surface area (Å²) < 4.78 is 43.7. The van der Waals surface area contributed by atoms with Gasteiger partial charge in [-0.05, 0) is 0 Å². The molecule has 17 nitrogen and oxygen atoms in total. The summed E-state index contributed by atoms with van der Waals surface area (Å²) in [5, 5.41) is 20.4. The van der Waals surface area contributed by atoms with Crippen molar-refractivity contribution in [2.75, 3.05) is 19.5 Å². The van der Waals surface area contributed by atoms with Crippen LogP contribution in [0.1, 0.15) is 18.9 Å². The van der Waals surface area contributed by atoms with Gasteiger partial charge in [0, 0.05) is 25.8 Å². The molecular formula is C19H24N7O10PS. The van der Waals surface area contributed by atoms with Crippen molar-refractivity contribution in [3.8, 4) is 0 Å². The van der Waals surface area contributed by atoms with E-state index in [1.165, 1.54) is 30.5 Å². The van der Waals surface area contributed by atoms with Crippen molar-refractivity contribution >= 4 is 36.0 Å². The van der Waals surface area contributed by atoms with E-state index in [0.29, 0.717) is 11.2 Å². The van der Waals surface area contributed by atoms with Crippen molar-refractivity contribution in [2.24, 2.45) is 0 Å². The van der Waals surface area contributed by atoms with Gasteiger partial charge in [-0.2, -0.15) is 0 Å². The predicted molar refractivity (Wildman–Crippen MR) is 130 cm³/mol. The van der Waals surface area contributed by atoms with Gasteiger partial charge in [0.05, 0.1) is 12.9 Å². The Morgan fingerprint density at radius 3 is 2.74 bits per heavy atom. The number of aromatic nitrogens is 6. The zero-order valence-electron chi connectivity index (χ0n) is 19.6. The van der Waals surface area contributed by atoms with Gasteiger partial charge in [0.25, 0.3) is 5.56 Å². The van der Waals surface area contributed by atoms with Crippen LogP contribution < -0.4 is 17.0 Å². The number of thiol groups is 1. The molecule has 3 aromatic heterocycles. The van der Waals surface area contributed by atoms with Gasteiger partial charge in [0.2, 0.25) is 0 Å². The Balaban J connectivity index is 1.32. The number of hydrogen-bond acceptors (Lipinski definition) is 14. The molecule has 19 heteroatoms. The Hall–Kier alpha value is -2.67. The number of hydrogen-bond donors (Lipinski definition) is 5. The van der Waals surface area contributed by atoms with Crippen LogP contribution in [0.25, 0.3) is 11.2 Å². The van der Waals surface area contributed by atoms with E-state index in [1.54, 1.807) is 0 Å². The zero-order chi connectivity index (χ0) is 27.2. The van der Waals surface area contributed by atoms with E-state index in [4.69, 9.17) is 29.0 Å². The molecule has 0 aromatic carbocycles. The molecule has 38 heavy (non-hydrogen) atoms. The highest BCUT2D eigenvalue weighted by molar-refractivity contribution is 8.44. The predicted octanol–water partition coefficient (Wildman–Crippen LogP) is -1.09. The lowest BCUT2D eigenvalue weighted by atomic mass is 10.1. The summed E-state index contributed by atoms with van der Waals surface area (Å²) in [5.41, 5.74) is 5.11. The second kappa shape index (κ2) is 10.5. The van der Waals surface area contributed by atoms with Crippen LogP contribution in [0.15, 0.2) is 34.5 Å². The zero-order valence-corrected chi connectivity index (χ0v) is 21.4. The van der Waals surface area contributed by atoms with Gasteiger partial charge in [-0.1, -0.05) is 12.2 Å². The van der Waals surface area contributed by atoms with Crippen molar-refractivity contribution in [3.63, 3.8) is 0 Å². The molecule has 2 aliphatic heterocycles. The molecule has 8 atom stereocenters. The number of aliphatic hydroxyl groups is 2. The molecule has 2 saturated heterocycles. The Morgan fingerprint density at radius 2 is 2.03 bits per heavy atom. The first-order valence-corrected chi connectivity index (χ1v) is 13.9. The molecule has 206 valence electrons. The highest BCUT2D eigenvalue weighted by Gasteiger charge is 2.51. The number of aromatic amines is 1. The summed E-state index contributed by atoms with van der Waals surface area (Å²) in [6.07, 6.45) is -4.15. The van der Waals surface area contributed by atoms with E-state index in [0.717, 1.165) is 10.6 Å². The number of anilines is 1. The lowest BCUT2D eigenvalue weighted by molar-refractivity contribution is -0.130. The van der Waals surface area contributed by atoms with Gasteiger partial charge in [-0.3, -0.25) is 28.0 Å². The fraction of sp³-hybridized carbons (Fsp3) is 0.526. The van der Waals surface area contributed by atoms with E-state index in [-0.39, 0.29) is 12.2 Å². The van der Waals surface area contributed by atoms with Gasteiger partial charge >= 0.3 is 12.5 Å². The monoisotopic (exact) mass is 573 g/mol. The average Bonchev–Trinajstić information content (AvgIpc) is 3.54. The van der Waals surface area contributed by atoms with Crippen molar-refractivity contribution in [1.82, 2.24) is 29.1 Å². The molecule has 2 fully saturated rings. The number of methoxy groups -OCH3 is 1. The summed E-state index contributed by atoms with van der Waals surface area (Å²) >= 11 is 4.02. The lowest BCUT2D eigenvalue weighted by Crippen LogP contribution is -2.39. The molecule has 5 N–H and O–H groups in total. The summed E-state index contributed by atoms with van der Waals surface area (Å²) in [4.78, 5) is 38.0. The van der Waals surface area contributed by atoms with Crippen LogP contribution >= 0.6 is 19.0 Å². The minimum absolute atomic E-state index is 0.0253. The summed E-state index contributed by atoms with van der Waals surface area (Å²) in [6, 6.07) is 1.10. The maximum absolute atomic E-state index is 13.3. The number of aliphatic hydroxyl groups excluding tert-OH is 2. The highest BCUT2D eigenvalue weighted by Crippen LogP contribution is 2.58. The summed E-state index contributed by atoms with van der Waals surface area (Å²) in [5.74, 6) is 0.167. The third-order valence-electron chi connectivity index (χ3n) is 6.10. The number of rotatable bonds is 8. The fourth-order valence-electron chi connectivity index (χ4n) is 4.37. The number of nitrogen functional groups attached to an aromatic ring is 1. The maximum Gasteiger partial charge on any atom is 0.388 e. The van der Waals surface area contributed by atoms with Crippen LogP contribution in [-0.4, -0.2) is 83.7 Å². The second-order valence-corrected chi connectivity index (χ2v) is 11.3. The van der Waals surface area contributed by atoms with Gasteiger partial charge in [-0.25, -0.2) is 24.3 Å². The first kappa shape index (κ1) is 26.9. The third kappa shape index (κ3) is 5.02. The van der Waals surface area contributed by atoms with Gasteiger partial charge < -0.3 is 30.2 Å². The highest BCUT2D eigenvalue weighted by atomic mass is 32.7. The third-order valence-corrected chi connectivity index (χ3v) is 7.65. The van der Waals surface area contributed by atoms with E-state index < -0.39 is 67.8 Å². The SMILES string of the molecule is CO[C@H]1C(OP(=O)(S)O[C@H]2O[C@@H](n3cnc4c(N)ncnc43)CC2O)[C@@H](CO)O[C@H]1n1ccc(=O)[nH]c1=O. The molecule has 0 bridgehead atoms. The molecule has 5 heterocycles. The van der Waals surface area contributed by atoms with E-state index in [1.807, 2.05) is 0 Å². The second-order valence-electron chi connectivity index (χ2n) is 8.45. The number of fused-ring (bicyclic) bond motifs is 1. The van der Waals surface area contributed by atoms with Crippen molar-refractivity contribution in [3.05, 3.63) is 45.8 Å². The average molecular weight is 573 g/mol. The van der Waals surface area contributed by atoms with E-state index in [2.05, 4.69) is 32.2 Å². The molecule has 3 unspecified atom stereocenters. The van der Waals surface area contributed by atoms with Gasteiger partial charge in [0.1, 0.15) is 42.5 Å². The topological polar surface area (TPSA) is 228 Å². The first-order valence-electron chi connectivity index (χ1n) is 11.2. The molecular weight excluding hydrogens is 549 g/mol. The van der Waals surface area contributed by atoms with Gasteiger partial charge in [0.15, 0.2) is 24.0 Å². The number of H-pyrrole nitrogens is 1. The number of ether oxygens (including phenoxy) is 3. The smallest absolute Gasteiger partial charge is 0.388 e. The molecule has 5 rings (SSSR count). The Kier molecular flexibility index (Phi) is 7.42. The van der Waals surface area contributed by atoms with Crippen LogP contribution in [0, 0.1) is 0 Å². The lowest BCUT2D eigenvalue weighted by Gasteiger charge is -2.27. The Labute approximate surface area is 218 Å². The summed E-state index contributed by atoms with van der Waals surface area (Å²) in [7, 11) is 1.29. The van der Waals surface area contributed by atoms with Crippen LogP contribution in [0.5, 0.6) is 0 Å². The van der Waals surface area contributed by atoms with Crippen molar-refractivity contribution in [1.29, 1.82) is 0 Å². The minimum atomic E-state index is -4.30. The Bertz CT molecular complexity index is 1480. The summed E-state index contributed by atoms with van der Waals surface area (Å²) in [6.45, 7) is -4.90. The normalized spacial score (nSPS) is 31.1. The molecule has 3 aromatic rings. The molecule has 2 aliphatic rings. The van der Waals surface area contributed by atoms with Crippen LogP contribution in [-0.2, 0) is 27.8 Å². The first-order chi connectivity index (χ1) is 18.1. The van der Waals surface area contributed by atoms with Gasteiger partial charge in [-0.15, -0.1) is 0 Å². The molecule has 0 amide bonds. The minimum Gasteiger partial charge on any atom is -0.394 e. The number of nitrogens with zero attached hydrogens (tertiary/aromatic N) is 5. The molecule has 0 spiro atoms.